The van der Waals surface area contributed by atoms with Gasteiger partial charge in [-0.05, 0) is 44.5 Å². The molecule has 2 aromatic heterocycles. The fraction of sp³-hybridized carbons (Fsp3) is 0.300. The van der Waals surface area contributed by atoms with Gasteiger partial charge < -0.3 is 14.5 Å². The summed E-state index contributed by atoms with van der Waals surface area (Å²) in [5, 5.41) is 2.84. The lowest BCUT2D eigenvalue weighted by Gasteiger charge is -2.16. The van der Waals surface area contributed by atoms with E-state index >= 15 is 0 Å². The average Bonchev–Trinajstić information content (AvgIpc) is 2.97. The fourth-order valence-electron chi connectivity index (χ4n) is 3.03. The van der Waals surface area contributed by atoms with Gasteiger partial charge in [0.2, 0.25) is 5.91 Å². The third kappa shape index (κ3) is 3.49. The number of ether oxygens (including phenoxy) is 1. The van der Waals surface area contributed by atoms with Crippen LogP contribution in [0, 0.1) is 6.92 Å². The molecule has 3 rings (SSSR count). The molecule has 0 unspecified atom stereocenters. The highest BCUT2D eigenvalue weighted by molar-refractivity contribution is 5.77. The third-order valence-electron chi connectivity index (χ3n) is 4.12. The largest absolute Gasteiger partial charge is 0.497 e. The monoisotopic (exact) mass is 353 g/mol. The summed E-state index contributed by atoms with van der Waals surface area (Å²) in [6.07, 6.45) is 3.78. The number of fused-ring (bicyclic) bond motifs is 1. The molecule has 0 saturated carbocycles. The molecule has 1 amide bonds. The molecule has 136 valence electrons. The summed E-state index contributed by atoms with van der Waals surface area (Å²) in [7, 11) is 1.60. The molecule has 1 N–H and O–H groups in total. The van der Waals surface area contributed by atoms with Crippen LogP contribution in [0.25, 0.3) is 16.8 Å². The highest BCUT2D eigenvalue weighted by atomic mass is 16.5. The molecular weight excluding hydrogens is 330 g/mol. The van der Waals surface area contributed by atoms with Gasteiger partial charge in [-0.25, -0.2) is 0 Å². The minimum atomic E-state index is -0.197. The van der Waals surface area contributed by atoms with Crippen LogP contribution < -0.4 is 15.6 Å². The number of nitrogens with one attached hydrogen (secondary N) is 1. The van der Waals surface area contributed by atoms with Gasteiger partial charge in [-0.2, -0.15) is 0 Å². The zero-order valence-corrected chi connectivity index (χ0v) is 15.4. The molecular formula is C20H23N3O3. The molecule has 0 aliphatic rings. The molecule has 6 heteroatoms. The average molecular weight is 353 g/mol. The number of carbonyl (C=O) groups is 1. The van der Waals surface area contributed by atoms with Crippen LogP contribution >= 0.6 is 0 Å². The van der Waals surface area contributed by atoms with Crippen LogP contribution in [0.3, 0.4) is 0 Å². The van der Waals surface area contributed by atoms with E-state index in [1.54, 1.807) is 7.11 Å². The normalized spacial score (nSPS) is 11.1. The molecule has 0 aliphatic carbocycles. The molecule has 3 aromatic rings. The van der Waals surface area contributed by atoms with Crippen molar-refractivity contribution in [3.05, 3.63) is 58.6 Å². The molecule has 0 saturated heterocycles. The van der Waals surface area contributed by atoms with E-state index in [0.29, 0.717) is 17.0 Å². The highest BCUT2D eigenvalue weighted by Crippen LogP contribution is 2.24. The van der Waals surface area contributed by atoms with Crippen molar-refractivity contribution in [2.75, 3.05) is 7.11 Å². The summed E-state index contributed by atoms with van der Waals surface area (Å²) in [4.78, 5) is 25.4. The second-order valence-corrected chi connectivity index (χ2v) is 6.67. The van der Waals surface area contributed by atoms with Crippen molar-refractivity contribution < 1.29 is 9.53 Å². The first kappa shape index (κ1) is 17.8. The van der Waals surface area contributed by atoms with Crippen LogP contribution in [0.1, 0.15) is 19.4 Å². The zero-order valence-electron chi connectivity index (χ0n) is 15.4. The highest BCUT2D eigenvalue weighted by Gasteiger charge is 2.15. The Labute approximate surface area is 152 Å². The summed E-state index contributed by atoms with van der Waals surface area (Å²) in [5.74, 6) is 0.496. The van der Waals surface area contributed by atoms with E-state index in [1.165, 1.54) is 4.57 Å². The number of aryl methyl sites for hydroxylation is 1. The Hall–Kier alpha value is -3.02. The molecule has 0 fully saturated rings. The lowest BCUT2D eigenvalue weighted by molar-refractivity contribution is -0.122. The van der Waals surface area contributed by atoms with Crippen LogP contribution in [0.4, 0.5) is 0 Å². The Morgan fingerprint density at radius 2 is 2.00 bits per heavy atom. The lowest BCUT2D eigenvalue weighted by atomic mass is 10.1. The van der Waals surface area contributed by atoms with Gasteiger partial charge in [0.25, 0.3) is 5.56 Å². The summed E-state index contributed by atoms with van der Waals surface area (Å²) in [5.41, 5.74) is 2.81. The van der Waals surface area contributed by atoms with E-state index in [2.05, 4.69) is 5.32 Å². The van der Waals surface area contributed by atoms with Crippen molar-refractivity contribution in [2.24, 2.45) is 0 Å². The van der Waals surface area contributed by atoms with Crippen LogP contribution in [-0.2, 0) is 11.3 Å². The smallest absolute Gasteiger partial charge is 0.275 e. The molecule has 0 radical (unpaired) electrons. The zero-order chi connectivity index (χ0) is 18.8. The fourth-order valence-corrected chi connectivity index (χ4v) is 3.03. The predicted molar refractivity (Wildman–Crippen MR) is 102 cm³/mol. The van der Waals surface area contributed by atoms with Crippen molar-refractivity contribution in [3.8, 4) is 17.0 Å². The number of benzene rings is 1. The molecule has 0 atom stereocenters. The van der Waals surface area contributed by atoms with Crippen LogP contribution in [0.2, 0.25) is 0 Å². The van der Waals surface area contributed by atoms with Crippen LogP contribution in [-0.4, -0.2) is 28.0 Å². The SMILES string of the molecule is COc1cccc(-c2cn3cc(C)cc3c(=O)n2CC(=O)NC(C)C)c1. The maximum Gasteiger partial charge on any atom is 0.275 e. The maximum absolute atomic E-state index is 13.0. The van der Waals surface area contributed by atoms with Gasteiger partial charge in [-0.15, -0.1) is 0 Å². The van der Waals surface area contributed by atoms with Crippen LogP contribution in [0.15, 0.2) is 47.5 Å². The predicted octanol–water partition coefficient (Wildman–Crippen LogP) is 2.61. The first-order valence-corrected chi connectivity index (χ1v) is 8.55. The summed E-state index contributed by atoms with van der Waals surface area (Å²) in [6, 6.07) is 9.30. The maximum atomic E-state index is 13.0. The van der Waals surface area contributed by atoms with Crippen molar-refractivity contribution in [3.63, 3.8) is 0 Å². The summed E-state index contributed by atoms with van der Waals surface area (Å²) >= 11 is 0. The first-order valence-electron chi connectivity index (χ1n) is 8.55. The van der Waals surface area contributed by atoms with Crippen molar-refractivity contribution >= 4 is 11.4 Å². The van der Waals surface area contributed by atoms with Crippen molar-refractivity contribution in [1.82, 2.24) is 14.3 Å². The standard InChI is InChI=1S/C20H23N3O3/c1-13(2)21-19(24)12-23-18(15-6-5-7-16(9-15)26-4)11-22-10-14(3)8-17(22)20(23)25/h5-11,13H,12H2,1-4H3,(H,21,24). The van der Waals surface area contributed by atoms with Gasteiger partial charge in [0.1, 0.15) is 17.8 Å². The van der Waals surface area contributed by atoms with Crippen molar-refractivity contribution in [2.45, 2.75) is 33.4 Å². The topological polar surface area (TPSA) is 64.7 Å². The van der Waals surface area contributed by atoms with Crippen molar-refractivity contribution in [1.29, 1.82) is 0 Å². The molecule has 2 heterocycles. The number of carbonyl (C=O) groups excluding carboxylic acids is 1. The van der Waals surface area contributed by atoms with Gasteiger partial charge in [-0.1, -0.05) is 12.1 Å². The number of hydrogen-bond donors (Lipinski definition) is 1. The van der Waals surface area contributed by atoms with E-state index in [4.69, 9.17) is 4.74 Å². The second kappa shape index (κ2) is 7.07. The third-order valence-corrected chi connectivity index (χ3v) is 4.12. The van der Waals surface area contributed by atoms with E-state index in [0.717, 1.165) is 11.1 Å². The molecule has 0 bridgehead atoms. The number of aromatic nitrogens is 2. The number of amides is 1. The quantitative estimate of drug-likeness (QED) is 0.767. The van der Waals surface area contributed by atoms with Gasteiger partial charge >= 0.3 is 0 Å². The minimum Gasteiger partial charge on any atom is -0.497 e. The second-order valence-electron chi connectivity index (χ2n) is 6.67. The number of methoxy groups -OCH3 is 1. The van der Waals surface area contributed by atoms with Crippen LogP contribution in [0.5, 0.6) is 5.75 Å². The Morgan fingerprint density at radius 1 is 1.23 bits per heavy atom. The number of rotatable bonds is 5. The molecule has 6 nitrogen and oxygen atoms in total. The lowest BCUT2D eigenvalue weighted by Crippen LogP contribution is -2.36. The van der Waals surface area contributed by atoms with Gasteiger partial charge in [0, 0.05) is 24.0 Å². The van der Waals surface area contributed by atoms with E-state index in [1.807, 2.05) is 67.9 Å². The molecule has 0 spiro atoms. The Kier molecular flexibility index (Phi) is 4.84. The number of nitrogens with zero attached hydrogens (tertiary/aromatic N) is 2. The minimum absolute atomic E-state index is 0.0118. The van der Waals surface area contributed by atoms with E-state index < -0.39 is 0 Å². The Morgan fingerprint density at radius 3 is 2.69 bits per heavy atom. The molecule has 1 aromatic carbocycles. The first-order chi connectivity index (χ1) is 12.4. The van der Waals surface area contributed by atoms with Gasteiger partial charge in [0.05, 0.1) is 12.8 Å². The van der Waals surface area contributed by atoms with E-state index in [-0.39, 0.29) is 24.1 Å². The Bertz CT molecular complexity index is 1010. The van der Waals surface area contributed by atoms with Gasteiger partial charge in [-0.3, -0.25) is 14.2 Å². The number of hydrogen-bond acceptors (Lipinski definition) is 3. The molecule has 26 heavy (non-hydrogen) atoms. The van der Waals surface area contributed by atoms with Gasteiger partial charge in [0.15, 0.2) is 0 Å². The summed E-state index contributed by atoms with van der Waals surface area (Å²) < 4.78 is 8.62. The Balaban J connectivity index is 2.20. The van der Waals surface area contributed by atoms with E-state index in [9.17, 15) is 9.59 Å². The molecule has 0 aliphatic heterocycles. The summed E-state index contributed by atoms with van der Waals surface area (Å²) in [6.45, 7) is 5.68.